The van der Waals surface area contributed by atoms with E-state index in [2.05, 4.69) is 52.7 Å². The van der Waals surface area contributed by atoms with E-state index in [1.807, 2.05) is 24.3 Å². The lowest BCUT2D eigenvalue weighted by molar-refractivity contribution is -0.459. The van der Waals surface area contributed by atoms with Gasteiger partial charge in [-0.2, -0.15) is 0 Å². The van der Waals surface area contributed by atoms with Gasteiger partial charge < -0.3 is 46.7 Å². The number of fused-ring (bicyclic) bond motifs is 2. The standard InChI is InChI=1S/C27H39N7.2ClH.4H2O/c1-3-5-7-9-15-30-26(28)32-22-13-11-20-17-21-12-14-23(19-25(21)34-24(20)18-22)33-27(29)31-16-10-8-6-4-2;;;;;;/h11-14,17-19H,3-10,15-16H2,1-2H3,(H3,28,30,32)(H3,29,31,33);2*1H;4*1H2. The molecule has 16 N–H and O–H groups in total. The second-order valence-corrected chi connectivity index (χ2v) is 8.86. The summed E-state index contributed by atoms with van der Waals surface area (Å²) in [5.74, 6) is 1.13. The molecule has 0 spiro atoms. The fourth-order valence-electron chi connectivity index (χ4n) is 3.93. The van der Waals surface area contributed by atoms with E-state index in [9.17, 15) is 0 Å². The van der Waals surface area contributed by atoms with E-state index in [1.54, 1.807) is 0 Å². The van der Waals surface area contributed by atoms with Crippen LogP contribution in [0.1, 0.15) is 65.2 Å². The van der Waals surface area contributed by atoms with Crippen molar-refractivity contribution in [3.8, 4) is 0 Å². The molecule has 0 amide bonds. The summed E-state index contributed by atoms with van der Waals surface area (Å²) >= 11 is 0. The minimum Gasteiger partial charge on any atom is -1.00 e. The molecular weight excluding hydrogens is 557 g/mol. The third-order valence-corrected chi connectivity index (χ3v) is 5.86. The second-order valence-electron chi connectivity index (χ2n) is 8.86. The summed E-state index contributed by atoms with van der Waals surface area (Å²) < 4.78 is 0. The molecule has 0 aliphatic rings. The van der Waals surface area contributed by atoms with Crippen LogP contribution in [-0.2, 0) is 0 Å². The normalized spacial score (nSPS) is 10.6. The fourth-order valence-corrected chi connectivity index (χ4v) is 3.93. The maximum absolute atomic E-state index is 6.13. The van der Waals surface area contributed by atoms with Crippen molar-refractivity contribution in [3.05, 3.63) is 42.5 Å². The van der Waals surface area contributed by atoms with E-state index < -0.39 is 0 Å². The van der Waals surface area contributed by atoms with Gasteiger partial charge in [-0.05, 0) is 43.2 Å². The Balaban J connectivity index is -0.00000108. The number of hydrogen-bond donors (Lipinski definition) is 6. The smallest absolute Gasteiger partial charge is 0.346 e. The van der Waals surface area contributed by atoms with Gasteiger partial charge in [0.2, 0.25) is 0 Å². The number of anilines is 2. The number of halogens is 2. The van der Waals surface area contributed by atoms with Crippen molar-refractivity contribution in [2.45, 2.75) is 65.2 Å². The molecule has 0 bridgehead atoms. The first kappa shape index (κ1) is 44.1. The number of nitrogens with two attached hydrogens (primary N) is 2. The molecule has 3 aromatic rings. The van der Waals surface area contributed by atoms with Crippen LogP contribution in [0.2, 0.25) is 0 Å². The molecule has 2 aromatic carbocycles. The highest BCUT2D eigenvalue weighted by atomic mass is 35.5. The second kappa shape index (κ2) is 23.9. The number of nitrogens with one attached hydrogen (secondary N) is 4. The summed E-state index contributed by atoms with van der Waals surface area (Å²) in [6, 6.07) is 14.4. The molecule has 1 aromatic heterocycles. The third-order valence-electron chi connectivity index (χ3n) is 5.86. The van der Waals surface area contributed by atoms with Gasteiger partial charge in [-0.15, -0.1) is 0 Å². The minimum absolute atomic E-state index is 0. The van der Waals surface area contributed by atoms with Crippen molar-refractivity contribution >= 4 is 45.1 Å². The number of nitrogens with zero attached hydrogens (tertiary/aromatic N) is 1. The van der Waals surface area contributed by atoms with Gasteiger partial charge in [0.15, 0.2) is 0 Å². The molecule has 40 heavy (non-hydrogen) atoms. The predicted molar refractivity (Wildman–Crippen MR) is 159 cm³/mol. The van der Waals surface area contributed by atoms with Gasteiger partial charge in [-0.25, -0.2) is 15.6 Å². The quantitative estimate of drug-likeness (QED) is 0.0508. The van der Waals surface area contributed by atoms with Crippen LogP contribution in [-0.4, -0.2) is 51.9 Å². The van der Waals surface area contributed by atoms with Crippen molar-refractivity contribution < 1.29 is 56.7 Å². The van der Waals surface area contributed by atoms with E-state index in [4.69, 9.17) is 16.5 Å². The van der Waals surface area contributed by atoms with Gasteiger partial charge in [0.05, 0.1) is 24.1 Å². The number of unbranched alkanes of at least 4 members (excludes halogenated alkanes) is 6. The molecule has 0 unspecified atom stereocenters. The molecule has 0 aliphatic heterocycles. The first-order valence-electron chi connectivity index (χ1n) is 12.7. The Kier molecular flexibility index (Phi) is 26.4. The Hall–Kier alpha value is -2.93. The lowest BCUT2D eigenvalue weighted by atomic mass is 10.1. The van der Waals surface area contributed by atoms with Crippen LogP contribution >= 0.6 is 0 Å². The Bertz CT molecular complexity index is 1070. The van der Waals surface area contributed by atoms with Gasteiger partial charge in [0.1, 0.15) is 11.4 Å². The van der Waals surface area contributed by atoms with E-state index in [0.29, 0.717) is 11.9 Å². The average molecular weight is 607 g/mol. The van der Waals surface area contributed by atoms with Gasteiger partial charge in [0, 0.05) is 22.9 Å². The third kappa shape index (κ3) is 14.5. The molecular formula is C27H49Cl2N7O4. The fraction of sp³-hybridized carbons (Fsp3) is 0.444. The summed E-state index contributed by atoms with van der Waals surface area (Å²) in [6.07, 6.45) is 9.67. The van der Waals surface area contributed by atoms with Crippen molar-refractivity contribution in [3.63, 3.8) is 0 Å². The molecule has 0 saturated heterocycles. The number of pyridine rings is 1. The minimum atomic E-state index is 0. The van der Waals surface area contributed by atoms with Crippen LogP contribution in [0.25, 0.3) is 21.8 Å². The predicted octanol–water partition coefficient (Wildman–Crippen LogP) is -7.13. The molecule has 0 saturated carbocycles. The number of guanidine groups is 2. The number of benzene rings is 2. The molecule has 230 valence electrons. The number of aromatic nitrogens is 1. The SMILES string of the molecule is CCCCCC[NH+]=C(N)Nc1ccc2cc3ccc(NC(N)=[NH+]CCCCCC)cc3nc2c1.O.O.O.O.[Cl-].[Cl-]. The van der Waals surface area contributed by atoms with E-state index in [1.165, 1.54) is 38.5 Å². The number of hydrogen-bond acceptors (Lipinski definition) is 1. The highest BCUT2D eigenvalue weighted by molar-refractivity contribution is 5.98. The van der Waals surface area contributed by atoms with Crippen molar-refractivity contribution in [2.75, 3.05) is 23.7 Å². The Morgan fingerprint density at radius 3 is 1.40 bits per heavy atom. The first-order chi connectivity index (χ1) is 16.6. The zero-order valence-corrected chi connectivity index (χ0v) is 25.0. The summed E-state index contributed by atoms with van der Waals surface area (Å²) in [4.78, 5) is 11.4. The van der Waals surface area contributed by atoms with Gasteiger partial charge in [0.25, 0.3) is 0 Å². The van der Waals surface area contributed by atoms with Crippen LogP contribution in [0.3, 0.4) is 0 Å². The molecule has 0 atom stereocenters. The lowest BCUT2D eigenvalue weighted by Gasteiger charge is -2.06. The van der Waals surface area contributed by atoms with Gasteiger partial charge in [-0.1, -0.05) is 52.4 Å². The molecule has 11 nitrogen and oxygen atoms in total. The Morgan fingerprint density at radius 2 is 1.02 bits per heavy atom. The summed E-state index contributed by atoms with van der Waals surface area (Å²) in [5, 5.41) is 8.67. The van der Waals surface area contributed by atoms with Crippen LogP contribution in [0.5, 0.6) is 0 Å². The maximum atomic E-state index is 6.13. The summed E-state index contributed by atoms with van der Waals surface area (Å²) in [7, 11) is 0. The topological polar surface area (TPSA) is 243 Å². The Labute approximate surface area is 249 Å². The van der Waals surface area contributed by atoms with Crippen LogP contribution in [0.4, 0.5) is 11.4 Å². The molecule has 0 radical (unpaired) electrons. The van der Waals surface area contributed by atoms with Gasteiger partial charge >= 0.3 is 11.9 Å². The molecule has 0 fully saturated rings. The lowest BCUT2D eigenvalue weighted by Crippen LogP contribution is -3.00. The summed E-state index contributed by atoms with van der Waals surface area (Å²) in [5.41, 5.74) is 15.9. The van der Waals surface area contributed by atoms with Crippen LogP contribution in [0.15, 0.2) is 42.5 Å². The molecule has 3 rings (SSSR count). The van der Waals surface area contributed by atoms with E-state index in [-0.39, 0.29) is 46.7 Å². The van der Waals surface area contributed by atoms with Crippen molar-refractivity contribution in [1.82, 2.24) is 4.98 Å². The molecule has 13 heteroatoms. The molecule has 0 aliphatic carbocycles. The highest BCUT2D eigenvalue weighted by Gasteiger charge is 2.08. The van der Waals surface area contributed by atoms with Gasteiger partial charge in [-0.3, -0.25) is 21.5 Å². The zero-order valence-electron chi connectivity index (χ0n) is 23.5. The molecule has 1 heterocycles. The van der Waals surface area contributed by atoms with E-state index in [0.717, 1.165) is 59.1 Å². The van der Waals surface area contributed by atoms with Crippen LogP contribution < -0.4 is 56.9 Å². The zero-order chi connectivity index (χ0) is 24.2. The van der Waals surface area contributed by atoms with Crippen molar-refractivity contribution in [1.29, 1.82) is 0 Å². The number of rotatable bonds is 12. The largest absolute Gasteiger partial charge is 1.00 e. The average Bonchev–Trinajstić information content (AvgIpc) is 2.82. The van der Waals surface area contributed by atoms with Crippen molar-refractivity contribution in [2.24, 2.45) is 11.5 Å². The highest BCUT2D eigenvalue weighted by Crippen LogP contribution is 2.24. The Morgan fingerprint density at radius 1 is 0.625 bits per heavy atom. The first-order valence-corrected chi connectivity index (χ1v) is 12.7. The van der Waals surface area contributed by atoms with Crippen LogP contribution in [0, 0.1) is 0 Å². The maximum Gasteiger partial charge on any atom is 0.346 e. The summed E-state index contributed by atoms with van der Waals surface area (Å²) in [6.45, 7) is 6.17. The monoisotopic (exact) mass is 605 g/mol. The van der Waals surface area contributed by atoms with E-state index >= 15 is 0 Å².